The Morgan fingerprint density at radius 2 is 1.39 bits per heavy atom. The first-order valence-electron chi connectivity index (χ1n) is 17.0. The van der Waals surface area contributed by atoms with E-state index in [4.69, 9.17) is 0 Å². The second kappa shape index (κ2) is 13.3. The van der Waals surface area contributed by atoms with E-state index in [-0.39, 0.29) is 5.41 Å². The molecule has 2 aliphatic carbocycles. The summed E-state index contributed by atoms with van der Waals surface area (Å²) in [5.74, 6) is 3.73. The molecule has 0 amide bonds. The summed E-state index contributed by atoms with van der Waals surface area (Å²) in [6, 6.07) is 23.8. The van der Waals surface area contributed by atoms with Gasteiger partial charge >= 0.3 is 0 Å². The molecule has 0 spiro atoms. The van der Waals surface area contributed by atoms with Gasteiger partial charge in [-0.1, -0.05) is 121 Å². The minimum atomic E-state index is 0.160. The summed E-state index contributed by atoms with van der Waals surface area (Å²) in [6.45, 7) is 14.1. The SMILES string of the molecule is CCc1cc(C2CCC(C3CCCC(C)CC3)CC2)ccc1Cc1ccc(C)c(Cc2ccccc2C(C)(C)C)c1. The van der Waals surface area contributed by atoms with Gasteiger partial charge in [0.25, 0.3) is 0 Å². The van der Waals surface area contributed by atoms with Crippen molar-refractivity contribution in [1.29, 1.82) is 0 Å². The normalized spacial score (nSPS) is 23.8. The molecule has 2 aliphatic rings. The fourth-order valence-electron chi connectivity index (χ4n) is 8.17. The Labute approximate surface area is 252 Å². The highest BCUT2D eigenvalue weighted by molar-refractivity contribution is 5.43. The van der Waals surface area contributed by atoms with Gasteiger partial charge in [-0.2, -0.15) is 0 Å². The van der Waals surface area contributed by atoms with Gasteiger partial charge in [-0.15, -0.1) is 0 Å². The van der Waals surface area contributed by atoms with Crippen LogP contribution in [0.1, 0.15) is 143 Å². The van der Waals surface area contributed by atoms with Crippen LogP contribution >= 0.6 is 0 Å². The van der Waals surface area contributed by atoms with Crippen LogP contribution in [-0.2, 0) is 24.7 Å². The van der Waals surface area contributed by atoms with Gasteiger partial charge in [-0.25, -0.2) is 0 Å². The summed E-state index contributed by atoms with van der Waals surface area (Å²) in [5, 5.41) is 0. The van der Waals surface area contributed by atoms with Crippen LogP contribution in [0.4, 0.5) is 0 Å². The summed E-state index contributed by atoms with van der Waals surface area (Å²) in [5.41, 5.74) is 12.1. The average Bonchev–Trinajstić information content (AvgIpc) is 3.19. The fourth-order valence-corrected chi connectivity index (χ4v) is 8.17. The van der Waals surface area contributed by atoms with Crippen molar-refractivity contribution in [2.75, 3.05) is 0 Å². The molecule has 0 heteroatoms. The van der Waals surface area contributed by atoms with Gasteiger partial charge < -0.3 is 0 Å². The van der Waals surface area contributed by atoms with Crippen molar-refractivity contribution in [1.82, 2.24) is 0 Å². The molecule has 0 aliphatic heterocycles. The van der Waals surface area contributed by atoms with E-state index >= 15 is 0 Å². The monoisotopic (exact) mass is 548 g/mol. The first kappa shape index (κ1) is 30.1. The van der Waals surface area contributed by atoms with E-state index in [0.717, 1.165) is 42.9 Å². The largest absolute Gasteiger partial charge is 0.0625 e. The van der Waals surface area contributed by atoms with E-state index in [1.54, 1.807) is 11.1 Å². The first-order chi connectivity index (χ1) is 19.7. The van der Waals surface area contributed by atoms with Crippen LogP contribution in [0, 0.1) is 24.7 Å². The summed E-state index contributed by atoms with van der Waals surface area (Å²) in [7, 11) is 0. The van der Waals surface area contributed by atoms with Crippen molar-refractivity contribution < 1.29 is 0 Å². The molecule has 220 valence electrons. The Hall–Kier alpha value is -2.34. The first-order valence-corrected chi connectivity index (χ1v) is 17.0. The van der Waals surface area contributed by atoms with Crippen molar-refractivity contribution in [2.45, 2.75) is 130 Å². The zero-order valence-electron chi connectivity index (χ0n) is 27.1. The summed E-state index contributed by atoms with van der Waals surface area (Å²) < 4.78 is 0. The lowest BCUT2D eigenvalue weighted by Crippen LogP contribution is -2.21. The van der Waals surface area contributed by atoms with Crippen molar-refractivity contribution >= 4 is 0 Å². The van der Waals surface area contributed by atoms with E-state index < -0.39 is 0 Å². The summed E-state index contributed by atoms with van der Waals surface area (Å²) >= 11 is 0. The molecule has 0 nitrogen and oxygen atoms in total. The van der Waals surface area contributed by atoms with E-state index in [1.807, 2.05) is 0 Å². The number of hydrogen-bond donors (Lipinski definition) is 0. The number of rotatable bonds is 7. The third-order valence-electron chi connectivity index (χ3n) is 10.8. The van der Waals surface area contributed by atoms with Crippen molar-refractivity contribution in [2.24, 2.45) is 17.8 Å². The maximum atomic E-state index is 2.59. The lowest BCUT2D eigenvalue weighted by atomic mass is 9.71. The van der Waals surface area contributed by atoms with Crippen LogP contribution in [0.25, 0.3) is 0 Å². The molecule has 2 saturated carbocycles. The maximum absolute atomic E-state index is 2.59. The highest BCUT2D eigenvalue weighted by Crippen LogP contribution is 2.43. The molecular formula is C41H56. The topological polar surface area (TPSA) is 0 Å². The van der Waals surface area contributed by atoms with Crippen molar-refractivity contribution in [3.63, 3.8) is 0 Å². The van der Waals surface area contributed by atoms with E-state index in [9.17, 15) is 0 Å². The lowest BCUT2D eigenvalue weighted by Gasteiger charge is -2.34. The van der Waals surface area contributed by atoms with Crippen LogP contribution in [-0.4, -0.2) is 0 Å². The number of benzene rings is 3. The second-order valence-electron chi connectivity index (χ2n) is 14.9. The molecule has 0 heterocycles. The molecule has 0 bridgehead atoms. The standard InChI is InChI=1S/C41H56/c1-7-32-27-37(35-21-19-34(20-22-35)33-13-10-11-29(2)15-18-33)24-23-36(32)25-31-17-16-30(3)39(26-31)28-38-12-8-9-14-40(38)41(4,5)6/h8-9,12,14,16-17,23-24,26-27,29,33-35H,7,10-11,13,15,18-22,25,28H2,1-6H3. The van der Waals surface area contributed by atoms with Gasteiger partial charge in [0.1, 0.15) is 0 Å². The third-order valence-corrected chi connectivity index (χ3v) is 10.8. The molecular weight excluding hydrogens is 492 g/mol. The van der Waals surface area contributed by atoms with Gasteiger partial charge in [0.15, 0.2) is 0 Å². The van der Waals surface area contributed by atoms with Crippen LogP contribution < -0.4 is 0 Å². The smallest absolute Gasteiger partial charge is 0.00201 e. The Balaban J connectivity index is 1.26. The van der Waals surface area contributed by atoms with Crippen molar-refractivity contribution in [3.8, 4) is 0 Å². The van der Waals surface area contributed by atoms with Crippen LogP contribution in [0.2, 0.25) is 0 Å². The lowest BCUT2D eigenvalue weighted by molar-refractivity contribution is 0.212. The second-order valence-corrected chi connectivity index (χ2v) is 14.9. The zero-order valence-corrected chi connectivity index (χ0v) is 27.1. The third kappa shape index (κ3) is 7.55. The zero-order chi connectivity index (χ0) is 29.0. The Morgan fingerprint density at radius 3 is 2.15 bits per heavy atom. The molecule has 0 N–H and O–H groups in total. The Morgan fingerprint density at radius 1 is 0.659 bits per heavy atom. The van der Waals surface area contributed by atoms with Crippen LogP contribution in [0.5, 0.6) is 0 Å². The summed E-state index contributed by atoms with van der Waals surface area (Å²) in [4.78, 5) is 0. The van der Waals surface area contributed by atoms with Gasteiger partial charge in [-0.05, 0) is 132 Å². The Bertz CT molecular complexity index is 1280. The molecule has 2 unspecified atom stereocenters. The van der Waals surface area contributed by atoms with Crippen molar-refractivity contribution in [3.05, 3.63) is 105 Å². The van der Waals surface area contributed by atoms with Gasteiger partial charge in [0, 0.05) is 0 Å². The minimum absolute atomic E-state index is 0.160. The molecule has 0 saturated heterocycles. The van der Waals surface area contributed by atoms with E-state index in [1.165, 1.54) is 91.2 Å². The molecule has 5 rings (SSSR count). The molecule has 2 atom stereocenters. The molecule has 3 aromatic carbocycles. The van der Waals surface area contributed by atoms with Gasteiger partial charge in [0.2, 0.25) is 0 Å². The summed E-state index contributed by atoms with van der Waals surface area (Å²) in [6.07, 6.45) is 16.3. The highest BCUT2D eigenvalue weighted by atomic mass is 14.3. The number of hydrogen-bond acceptors (Lipinski definition) is 0. The molecule has 3 aromatic rings. The predicted molar refractivity (Wildman–Crippen MR) is 178 cm³/mol. The molecule has 0 aromatic heterocycles. The highest BCUT2D eigenvalue weighted by Gasteiger charge is 2.29. The fraction of sp³-hybridized carbons (Fsp3) is 0.561. The average molecular weight is 549 g/mol. The Kier molecular flexibility index (Phi) is 9.78. The molecule has 2 fully saturated rings. The number of aryl methyl sites for hydroxylation is 2. The van der Waals surface area contributed by atoms with Crippen LogP contribution in [0.3, 0.4) is 0 Å². The van der Waals surface area contributed by atoms with E-state index in [0.29, 0.717) is 0 Å². The quantitative estimate of drug-likeness (QED) is 0.258. The molecule has 0 radical (unpaired) electrons. The van der Waals surface area contributed by atoms with Crippen LogP contribution in [0.15, 0.2) is 60.7 Å². The van der Waals surface area contributed by atoms with Gasteiger partial charge in [0.05, 0.1) is 0 Å². The minimum Gasteiger partial charge on any atom is -0.0625 e. The van der Waals surface area contributed by atoms with Gasteiger partial charge in [-0.3, -0.25) is 0 Å². The molecule has 41 heavy (non-hydrogen) atoms. The van der Waals surface area contributed by atoms with E-state index in [2.05, 4.69) is 102 Å². The predicted octanol–water partition coefficient (Wildman–Crippen LogP) is 11.5. The maximum Gasteiger partial charge on any atom is -0.00201 e.